The highest BCUT2D eigenvalue weighted by molar-refractivity contribution is 8.13. The Kier molecular flexibility index (Phi) is 6.76. The van der Waals surface area contributed by atoms with Gasteiger partial charge in [-0.2, -0.15) is 12.6 Å². The number of carbonyl (C=O) groups excluding carboxylic acids is 2. The molecule has 0 atom stereocenters. The Balaban J connectivity index is 3.24. The number of thioether (sulfide) groups is 1. The van der Waals surface area contributed by atoms with Gasteiger partial charge in [0.2, 0.25) is 0 Å². The van der Waals surface area contributed by atoms with Gasteiger partial charge in [-0.15, -0.1) is 0 Å². The lowest BCUT2D eigenvalue weighted by Gasteiger charge is -1.95. The molecule has 0 saturated heterocycles. The lowest BCUT2D eigenvalue weighted by Crippen LogP contribution is -2.00. The monoisotopic (exact) mass is 192 g/mol. The summed E-state index contributed by atoms with van der Waals surface area (Å²) in [6, 6.07) is 0. The maximum absolute atomic E-state index is 10.9. The first-order chi connectivity index (χ1) is 5.16. The molecule has 0 aliphatic carbocycles. The van der Waals surface area contributed by atoms with Crippen LogP contribution in [0.4, 0.5) is 0 Å². The van der Waals surface area contributed by atoms with Crippen molar-refractivity contribution in [1.82, 2.24) is 0 Å². The van der Waals surface area contributed by atoms with Crippen LogP contribution in [0.2, 0.25) is 0 Å². The molecule has 0 bridgehead atoms. The first-order valence-electron chi connectivity index (χ1n) is 3.42. The molecule has 0 unspecified atom stereocenters. The third kappa shape index (κ3) is 7.94. The topological polar surface area (TPSA) is 34.1 Å². The molecule has 0 heterocycles. The van der Waals surface area contributed by atoms with Crippen LogP contribution in [0.15, 0.2) is 0 Å². The molecule has 0 aromatic rings. The van der Waals surface area contributed by atoms with Gasteiger partial charge in [0, 0.05) is 25.5 Å². The molecular formula is C7H12O2S2. The van der Waals surface area contributed by atoms with Gasteiger partial charge in [0.15, 0.2) is 5.12 Å². The number of ketones is 1. The van der Waals surface area contributed by atoms with E-state index in [1.807, 2.05) is 0 Å². The molecule has 0 aliphatic rings. The first-order valence-corrected chi connectivity index (χ1v) is 5.04. The minimum Gasteiger partial charge on any atom is -0.300 e. The molecule has 0 fully saturated rings. The highest BCUT2D eigenvalue weighted by atomic mass is 32.2. The van der Waals surface area contributed by atoms with Crippen molar-refractivity contribution < 1.29 is 9.59 Å². The number of hydrogen-bond donors (Lipinski definition) is 1. The average molecular weight is 192 g/mol. The van der Waals surface area contributed by atoms with Gasteiger partial charge in [0.05, 0.1) is 0 Å². The molecule has 11 heavy (non-hydrogen) atoms. The summed E-state index contributed by atoms with van der Waals surface area (Å²) in [4.78, 5) is 21.3. The average Bonchev–Trinajstić information content (AvgIpc) is 1.87. The van der Waals surface area contributed by atoms with E-state index in [9.17, 15) is 9.59 Å². The summed E-state index contributed by atoms with van der Waals surface area (Å²) in [6.45, 7) is 1.51. The molecule has 0 spiro atoms. The zero-order valence-electron chi connectivity index (χ0n) is 6.50. The van der Waals surface area contributed by atoms with Gasteiger partial charge in [-0.25, -0.2) is 0 Å². The van der Waals surface area contributed by atoms with E-state index < -0.39 is 0 Å². The summed E-state index contributed by atoms with van der Waals surface area (Å²) < 4.78 is 0. The van der Waals surface area contributed by atoms with Gasteiger partial charge >= 0.3 is 0 Å². The summed E-state index contributed by atoms with van der Waals surface area (Å²) in [7, 11) is 0. The molecule has 0 N–H and O–H groups in total. The molecular weight excluding hydrogens is 180 g/mol. The van der Waals surface area contributed by atoms with Crippen LogP contribution in [0.3, 0.4) is 0 Å². The van der Waals surface area contributed by atoms with Crippen molar-refractivity contribution in [1.29, 1.82) is 0 Å². The van der Waals surface area contributed by atoms with Gasteiger partial charge in [0.25, 0.3) is 0 Å². The standard InChI is InChI=1S/C7H12O2S2/c1-6(8)11-5-3-7(9)2-4-10/h10H,2-5H2,1H3. The highest BCUT2D eigenvalue weighted by Gasteiger charge is 2.01. The van der Waals surface area contributed by atoms with Crippen LogP contribution in [0.5, 0.6) is 0 Å². The van der Waals surface area contributed by atoms with E-state index in [1.165, 1.54) is 18.7 Å². The normalized spacial score (nSPS) is 9.64. The van der Waals surface area contributed by atoms with Gasteiger partial charge in [-0.05, 0) is 5.75 Å². The maximum Gasteiger partial charge on any atom is 0.185 e. The van der Waals surface area contributed by atoms with Crippen LogP contribution >= 0.6 is 24.4 Å². The summed E-state index contributed by atoms with van der Waals surface area (Å²) >= 11 is 5.13. The van der Waals surface area contributed by atoms with Crippen molar-refractivity contribution in [3.05, 3.63) is 0 Å². The molecule has 0 aromatic carbocycles. The predicted octanol–water partition coefficient (Wildman–Crippen LogP) is 1.55. The summed E-state index contributed by atoms with van der Waals surface area (Å²) in [5, 5.41) is 0.0728. The zero-order chi connectivity index (χ0) is 8.69. The van der Waals surface area contributed by atoms with Crippen LogP contribution in [-0.2, 0) is 9.59 Å². The summed E-state index contributed by atoms with van der Waals surface area (Å²) in [5.74, 6) is 1.40. The Labute approximate surface area is 76.5 Å². The van der Waals surface area contributed by atoms with Crippen LogP contribution in [0, 0.1) is 0 Å². The molecule has 4 heteroatoms. The fraction of sp³-hybridized carbons (Fsp3) is 0.714. The van der Waals surface area contributed by atoms with E-state index in [2.05, 4.69) is 12.6 Å². The Bertz CT molecular complexity index is 145. The van der Waals surface area contributed by atoms with Crippen LogP contribution < -0.4 is 0 Å². The fourth-order valence-electron chi connectivity index (χ4n) is 0.558. The van der Waals surface area contributed by atoms with E-state index in [0.29, 0.717) is 24.3 Å². The summed E-state index contributed by atoms with van der Waals surface area (Å²) in [6.07, 6.45) is 1.01. The lowest BCUT2D eigenvalue weighted by atomic mass is 10.2. The Hall–Kier alpha value is 0.0400. The number of thiol groups is 1. The molecule has 0 radical (unpaired) electrons. The quantitative estimate of drug-likeness (QED) is 0.671. The minimum atomic E-state index is 0.0728. The molecule has 0 aliphatic heterocycles. The second-order valence-corrected chi connectivity index (χ2v) is 3.82. The molecule has 0 rings (SSSR count). The Morgan fingerprint density at radius 2 is 2.00 bits per heavy atom. The van der Waals surface area contributed by atoms with Gasteiger partial charge < -0.3 is 0 Å². The number of hydrogen-bond acceptors (Lipinski definition) is 4. The predicted molar refractivity (Wildman–Crippen MR) is 51.2 cm³/mol. The number of Topliss-reactive ketones (excluding diaryl/α,β-unsaturated/α-hetero) is 1. The Morgan fingerprint density at radius 1 is 1.36 bits per heavy atom. The van der Waals surface area contributed by atoms with Crippen LogP contribution in [-0.4, -0.2) is 22.4 Å². The number of rotatable bonds is 5. The first kappa shape index (κ1) is 11.0. The third-order valence-electron chi connectivity index (χ3n) is 1.08. The fourth-order valence-corrected chi connectivity index (χ4v) is 1.42. The van der Waals surface area contributed by atoms with Gasteiger partial charge in [-0.3, -0.25) is 9.59 Å². The largest absolute Gasteiger partial charge is 0.300 e. The molecule has 0 aromatic heterocycles. The van der Waals surface area contributed by atoms with Crippen molar-refractivity contribution >= 4 is 35.3 Å². The van der Waals surface area contributed by atoms with E-state index >= 15 is 0 Å². The number of carbonyl (C=O) groups is 2. The van der Waals surface area contributed by atoms with Crippen molar-refractivity contribution in [2.24, 2.45) is 0 Å². The zero-order valence-corrected chi connectivity index (χ0v) is 8.21. The highest BCUT2D eigenvalue weighted by Crippen LogP contribution is 2.04. The smallest absolute Gasteiger partial charge is 0.185 e. The van der Waals surface area contributed by atoms with E-state index in [-0.39, 0.29) is 10.9 Å². The minimum absolute atomic E-state index is 0.0728. The molecule has 2 nitrogen and oxygen atoms in total. The summed E-state index contributed by atoms with van der Waals surface area (Å²) in [5.41, 5.74) is 0. The maximum atomic E-state index is 10.9. The van der Waals surface area contributed by atoms with Crippen molar-refractivity contribution in [2.45, 2.75) is 19.8 Å². The van der Waals surface area contributed by atoms with Crippen molar-refractivity contribution in [2.75, 3.05) is 11.5 Å². The second kappa shape index (κ2) is 6.73. The second-order valence-electron chi connectivity index (χ2n) is 2.10. The van der Waals surface area contributed by atoms with Crippen molar-refractivity contribution in [3.8, 4) is 0 Å². The molecule has 0 amide bonds. The van der Waals surface area contributed by atoms with Crippen molar-refractivity contribution in [3.63, 3.8) is 0 Å². The van der Waals surface area contributed by atoms with E-state index in [1.54, 1.807) is 0 Å². The van der Waals surface area contributed by atoms with E-state index in [4.69, 9.17) is 0 Å². The third-order valence-corrected chi connectivity index (χ3v) is 2.12. The Morgan fingerprint density at radius 3 is 2.45 bits per heavy atom. The molecule has 64 valence electrons. The van der Waals surface area contributed by atoms with Gasteiger partial charge in [-0.1, -0.05) is 11.8 Å². The molecule has 0 saturated carbocycles. The van der Waals surface area contributed by atoms with Crippen LogP contribution in [0.25, 0.3) is 0 Å². The van der Waals surface area contributed by atoms with E-state index in [0.717, 1.165) is 0 Å². The van der Waals surface area contributed by atoms with Crippen LogP contribution in [0.1, 0.15) is 19.8 Å². The SMILES string of the molecule is CC(=O)SCCC(=O)CCS. The van der Waals surface area contributed by atoms with Gasteiger partial charge in [0.1, 0.15) is 5.78 Å². The lowest BCUT2D eigenvalue weighted by molar-refractivity contribution is -0.118.